The molecule has 1 heteroatoms. The zero-order valence-electron chi connectivity index (χ0n) is 9.26. The van der Waals surface area contributed by atoms with Crippen molar-refractivity contribution in [1.29, 1.82) is 0 Å². The molecule has 2 rings (SSSR count). The molecule has 0 radical (unpaired) electrons. The van der Waals surface area contributed by atoms with Crippen LogP contribution in [0.4, 0.5) is 0 Å². The molecule has 0 fully saturated rings. The molecule has 0 aliphatic rings. The topological polar surface area (TPSA) is 0 Å². The van der Waals surface area contributed by atoms with Crippen LogP contribution in [0, 0.1) is 6.92 Å². The van der Waals surface area contributed by atoms with E-state index in [-0.39, 0.29) is 0 Å². The van der Waals surface area contributed by atoms with Crippen LogP contribution in [0.1, 0.15) is 11.1 Å². The summed E-state index contributed by atoms with van der Waals surface area (Å²) in [6.45, 7) is 2.11. The molecule has 0 saturated carbocycles. The number of thioether (sulfide) groups is 1. The van der Waals surface area contributed by atoms with Gasteiger partial charge in [-0.2, -0.15) is 0 Å². The van der Waals surface area contributed by atoms with Crippen molar-refractivity contribution in [2.45, 2.75) is 11.8 Å². The van der Waals surface area contributed by atoms with Crippen molar-refractivity contribution in [3.8, 4) is 0 Å². The van der Waals surface area contributed by atoms with E-state index in [9.17, 15) is 0 Å². The first-order valence-corrected chi connectivity index (χ1v) is 6.17. The van der Waals surface area contributed by atoms with Crippen LogP contribution in [0.3, 0.4) is 0 Å². The van der Waals surface area contributed by atoms with Crippen molar-refractivity contribution >= 4 is 17.8 Å². The molecule has 0 amide bonds. The molecule has 0 unspecified atom stereocenters. The summed E-state index contributed by atoms with van der Waals surface area (Å²) in [6.07, 6.45) is 2.13. The van der Waals surface area contributed by atoms with Gasteiger partial charge in [-0.3, -0.25) is 0 Å². The molecule has 0 nitrogen and oxygen atoms in total. The van der Waals surface area contributed by atoms with E-state index in [2.05, 4.69) is 66.9 Å². The second-order valence-corrected chi connectivity index (χ2v) is 4.62. The van der Waals surface area contributed by atoms with Crippen LogP contribution in [0.5, 0.6) is 0 Å². The highest BCUT2D eigenvalue weighted by Crippen LogP contribution is 2.20. The van der Waals surface area contributed by atoms with Gasteiger partial charge in [0.25, 0.3) is 0 Å². The first-order valence-electron chi connectivity index (χ1n) is 5.29. The Hall–Kier alpha value is -1.47. The monoisotopic (exact) mass is 226 g/mol. The van der Waals surface area contributed by atoms with E-state index in [1.807, 2.05) is 6.07 Å². The summed E-state index contributed by atoms with van der Waals surface area (Å²) in [5.41, 5.74) is 2.54. The normalized spacial score (nSPS) is 10.8. The van der Waals surface area contributed by atoms with E-state index >= 15 is 0 Å². The molecule has 0 aromatic heterocycles. The van der Waals surface area contributed by atoms with Crippen LogP contribution in [0.15, 0.2) is 64.9 Å². The predicted molar refractivity (Wildman–Crippen MR) is 72.5 cm³/mol. The summed E-state index contributed by atoms with van der Waals surface area (Å²) < 4.78 is 0. The van der Waals surface area contributed by atoms with Gasteiger partial charge in [-0.15, -0.1) is 0 Å². The van der Waals surface area contributed by atoms with Gasteiger partial charge in [0.2, 0.25) is 0 Å². The minimum absolute atomic E-state index is 1.24. The maximum absolute atomic E-state index is 2.15. The Labute approximate surface area is 101 Å². The van der Waals surface area contributed by atoms with Crippen molar-refractivity contribution < 1.29 is 0 Å². The fraction of sp³-hybridized carbons (Fsp3) is 0.0667. The van der Waals surface area contributed by atoms with E-state index in [1.54, 1.807) is 11.8 Å². The van der Waals surface area contributed by atoms with Crippen LogP contribution in [-0.2, 0) is 0 Å². The summed E-state index contributed by atoms with van der Waals surface area (Å²) in [4.78, 5) is 1.28. The smallest absolute Gasteiger partial charge is 0.0116 e. The lowest BCUT2D eigenvalue weighted by molar-refractivity contribution is 1.38. The second-order valence-electron chi connectivity index (χ2n) is 3.64. The number of benzene rings is 2. The van der Waals surface area contributed by atoms with E-state index in [4.69, 9.17) is 0 Å². The van der Waals surface area contributed by atoms with Crippen LogP contribution in [-0.4, -0.2) is 0 Å². The maximum Gasteiger partial charge on any atom is 0.0116 e. The molecule has 0 aliphatic carbocycles. The molecule has 0 aliphatic heterocycles. The van der Waals surface area contributed by atoms with Gasteiger partial charge in [-0.05, 0) is 36.1 Å². The van der Waals surface area contributed by atoms with Crippen molar-refractivity contribution in [3.05, 3.63) is 71.1 Å². The van der Waals surface area contributed by atoms with Crippen LogP contribution in [0.25, 0.3) is 6.08 Å². The van der Waals surface area contributed by atoms with Crippen molar-refractivity contribution in [2.75, 3.05) is 0 Å². The minimum Gasteiger partial charge on any atom is -0.0981 e. The van der Waals surface area contributed by atoms with Gasteiger partial charge < -0.3 is 0 Å². The fourth-order valence-corrected chi connectivity index (χ4v) is 2.05. The molecule has 2 aromatic carbocycles. The van der Waals surface area contributed by atoms with E-state index in [0.717, 1.165) is 0 Å². The molecular weight excluding hydrogens is 212 g/mol. The van der Waals surface area contributed by atoms with Crippen molar-refractivity contribution in [1.82, 2.24) is 0 Å². The summed E-state index contributed by atoms with van der Waals surface area (Å²) in [5, 5.41) is 2.12. The molecule has 0 N–H and O–H groups in total. The van der Waals surface area contributed by atoms with Gasteiger partial charge in [0.15, 0.2) is 0 Å². The Balaban J connectivity index is 1.97. The van der Waals surface area contributed by atoms with E-state index in [0.29, 0.717) is 0 Å². The third-order valence-electron chi connectivity index (χ3n) is 2.29. The van der Waals surface area contributed by atoms with Crippen molar-refractivity contribution in [3.63, 3.8) is 0 Å². The summed E-state index contributed by atoms with van der Waals surface area (Å²) in [6, 6.07) is 18.9. The first kappa shape index (κ1) is 11.0. The first-order chi connectivity index (χ1) is 7.84. The van der Waals surface area contributed by atoms with E-state index < -0.39 is 0 Å². The molecule has 0 atom stereocenters. The molecule has 16 heavy (non-hydrogen) atoms. The van der Waals surface area contributed by atoms with Crippen LogP contribution in [0.2, 0.25) is 0 Å². The average Bonchev–Trinajstić information content (AvgIpc) is 2.33. The molecule has 0 bridgehead atoms. The Morgan fingerprint density at radius 1 is 0.875 bits per heavy atom. The highest BCUT2D eigenvalue weighted by atomic mass is 32.2. The van der Waals surface area contributed by atoms with Gasteiger partial charge in [0.05, 0.1) is 0 Å². The third-order valence-corrected chi connectivity index (χ3v) is 3.10. The summed E-state index contributed by atoms with van der Waals surface area (Å²) in [5.74, 6) is 0. The number of rotatable bonds is 3. The molecule has 2 aromatic rings. The van der Waals surface area contributed by atoms with Gasteiger partial charge >= 0.3 is 0 Å². The number of aryl methyl sites for hydroxylation is 1. The standard InChI is InChI=1S/C15H14S/c1-13-7-9-15(10-8-13)16-12-11-14-5-3-2-4-6-14/h2-12H,1H3/b12-11-. The lowest BCUT2D eigenvalue weighted by Crippen LogP contribution is -1.71. The SMILES string of the molecule is Cc1ccc(S/C=C\c2ccccc2)cc1. The summed E-state index contributed by atoms with van der Waals surface area (Å²) >= 11 is 1.74. The van der Waals surface area contributed by atoms with Gasteiger partial charge in [-0.25, -0.2) is 0 Å². The van der Waals surface area contributed by atoms with Crippen molar-refractivity contribution in [2.24, 2.45) is 0 Å². The molecule has 80 valence electrons. The van der Waals surface area contributed by atoms with Crippen LogP contribution >= 0.6 is 11.8 Å². The largest absolute Gasteiger partial charge is 0.0981 e. The van der Waals surface area contributed by atoms with E-state index in [1.165, 1.54) is 16.0 Å². The Bertz CT molecular complexity index is 455. The van der Waals surface area contributed by atoms with Gasteiger partial charge in [-0.1, -0.05) is 59.8 Å². The second kappa shape index (κ2) is 5.57. The Morgan fingerprint density at radius 2 is 1.56 bits per heavy atom. The minimum atomic E-state index is 1.24. The Morgan fingerprint density at radius 3 is 2.25 bits per heavy atom. The van der Waals surface area contributed by atoms with Crippen LogP contribution < -0.4 is 0 Å². The summed E-state index contributed by atoms with van der Waals surface area (Å²) in [7, 11) is 0. The zero-order chi connectivity index (χ0) is 11.2. The lowest BCUT2D eigenvalue weighted by atomic mass is 10.2. The molecular formula is C15H14S. The number of hydrogen-bond acceptors (Lipinski definition) is 1. The highest BCUT2D eigenvalue weighted by molar-refractivity contribution is 8.02. The molecule has 0 heterocycles. The average molecular weight is 226 g/mol. The molecule has 0 spiro atoms. The van der Waals surface area contributed by atoms with Gasteiger partial charge in [0.1, 0.15) is 0 Å². The predicted octanol–water partition coefficient (Wildman–Crippen LogP) is 4.76. The highest BCUT2D eigenvalue weighted by Gasteiger charge is 1.89. The number of hydrogen-bond donors (Lipinski definition) is 0. The lowest BCUT2D eigenvalue weighted by Gasteiger charge is -1.96. The zero-order valence-corrected chi connectivity index (χ0v) is 10.1. The third kappa shape index (κ3) is 3.28. The fourth-order valence-electron chi connectivity index (χ4n) is 1.37. The Kier molecular flexibility index (Phi) is 3.84. The maximum atomic E-state index is 2.15. The quantitative estimate of drug-likeness (QED) is 0.680. The molecule has 0 saturated heterocycles. The van der Waals surface area contributed by atoms with Gasteiger partial charge in [0, 0.05) is 4.90 Å².